The van der Waals surface area contributed by atoms with Crippen LogP contribution in [0.3, 0.4) is 0 Å². The lowest BCUT2D eigenvalue weighted by atomic mass is 9.86. The van der Waals surface area contributed by atoms with Gasteiger partial charge in [0.05, 0.1) is 16.6 Å². The molecule has 0 aromatic carbocycles. The summed E-state index contributed by atoms with van der Waals surface area (Å²) in [4.78, 5) is 16.7. The summed E-state index contributed by atoms with van der Waals surface area (Å²) in [6.07, 6.45) is 6.27. The van der Waals surface area contributed by atoms with Crippen LogP contribution in [0.15, 0.2) is 16.8 Å². The van der Waals surface area contributed by atoms with Crippen molar-refractivity contribution in [3.63, 3.8) is 0 Å². The van der Waals surface area contributed by atoms with Gasteiger partial charge in [0.15, 0.2) is 0 Å². The number of amides is 1. The van der Waals surface area contributed by atoms with Crippen molar-refractivity contribution in [2.24, 2.45) is 5.92 Å². The summed E-state index contributed by atoms with van der Waals surface area (Å²) in [5.41, 5.74) is 1.92. The van der Waals surface area contributed by atoms with Gasteiger partial charge in [0, 0.05) is 12.2 Å². The van der Waals surface area contributed by atoms with E-state index in [4.69, 9.17) is 4.52 Å². The highest BCUT2D eigenvalue weighted by atomic mass is 16.5. The molecule has 0 aliphatic heterocycles. The molecular weight excluding hydrogens is 278 g/mol. The van der Waals surface area contributed by atoms with Crippen LogP contribution in [0, 0.1) is 5.92 Å². The van der Waals surface area contributed by atoms with Gasteiger partial charge in [0.25, 0.3) is 11.6 Å². The summed E-state index contributed by atoms with van der Waals surface area (Å²) in [5.74, 6) is 0.722. The molecule has 0 saturated heterocycles. The minimum absolute atomic E-state index is 0.0518. The number of hydrogen-bond acceptors (Lipinski definition) is 4. The number of rotatable bonds is 3. The van der Waals surface area contributed by atoms with Crippen LogP contribution in [0.4, 0.5) is 0 Å². The normalized spacial score (nSPS) is 22.2. The molecule has 1 saturated carbocycles. The van der Waals surface area contributed by atoms with Gasteiger partial charge in [0.1, 0.15) is 0 Å². The van der Waals surface area contributed by atoms with Crippen molar-refractivity contribution in [3.8, 4) is 0 Å². The van der Waals surface area contributed by atoms with E-state index in [1.807, 2.05) is 19.9 Å². The summed E-state index contributed by atoms with van der Waals surface area (Å²) in [7, 11) is 0. The number of nitrogens with one attached hydrogen (secondary N) is 1. The summed E-state index contributed by atoms with van der Waals surface area (Å²) in [6.45, 7) is 6.31. The van der Waals surface area contributed by atoms with Gasteiger partial charge in [-0.15, -0.1) is 0 Å². The van der Waals surface area contributed by atoms with Gasteiger partial charge < -0.3 is 9.84 Å². The maximum Gasteiger partial charge on any atom is 0.257 e. The molecule has 1 fully saturated rings. The third-order valence-corrected chi connectivity index (χ3v) is 4.59. The van der Waals surface area contributed by atoms with Crippen molar-refractivity contribution in [2.75, 3.05) is 0 Å². The van der Waals surface area contributed by atoms with Crippen LogP contribution in [-0.2, 0) is 0 Å². The number of carbonyl (C=O) groups is 1. The van der Waals surface area contributed by atoms with Crippen LogP contribution < -0.4 is 5.32 Å². The highest BCUT2D eigenvalue weighted by Crippen LogP contribution is 2.26. The molecule has 3 rings (SSSR count). The molecule has 2 aromatic rings. The fraction of sp³-hybridized carbons (Fsp3) is 0.588. The Bertz CT molecular complexity index is 678. The van der Waals surface area contributed by atoms with Crippen molar-refractivity contribution in [2.45, 2.75) is 58.4 Å². The van der Waals surface area contributed by atoms with Crippen molar-refractivity contribution < 1.29 is 9.32 Å². The summed E-state index contributed by atoms with van der Waals surface area (Å²) in [5, 5.41) is 8.05. The quantitative estimate of drug-likeness (QED) is 0.939. The number of nitrogens with zero attached hydrogens (tertiary/aromatic N) is 2. The topological polar surface area (TPSA) is 68.0 Å². The lowest BCUT2D eigenvalue weighted by Gasteiger charge is -2.29. The minimum atomic E-state index is -0.0518. The second-order valence-corrected chi connectivity index (χ2v) is 6.64. The van der Waals surface area contributed by atoms with Gasteiger partial charge in [-0.25, -0.2) is 4.98 Å². The van der Waals surface area contributed by atoms with Crippen LogP contribution in [0.2, 0.25) is 0 Å². The number of hydrogen-bond donors (Lipinski definition) is 1. The van der Waals surface area contributed by atoms with E-state index in [0.29, 0.717) is 17.2 Å². The highest BCUT2D eigenvalue weighted by molar-refractivity contribution is 5.97. The Morgan fingerprint density at radius 3 is 2.86 bits per heavy atom. The highest BCUT2D eigenvalue weighted by Gasteiger charge is 2.24. The van der Waals surface area contributed by atoms with Crippen LogP contribution in [0.25, 0.3) is 11.1 Å². The lowest BCUT2D eigenvalue weighted by molar-refractivity contribution is 0.0910. The van der Waals surface area contributed by atoms with Crippen molar-refractivity contribution >= 4 is 17.0 Å². The summed E-state index contributed by atoms with van der Waals surface area (Å²) < 4.78 is 5.22. The number of fused-ring (bicyclic) bond motifs is 1. The smallest absolute Gasteiger partial charge is 0.257 e. The van der Waals surface area contributed by atoms with E-state index in [9.17, 15) is 4.79 Å². The Hall–Kier alpha value is -1.91. The molecule has 2 heterocycles. The molecule has 1 N–H and O–H groups in total. The summed E-state index contributed by atoms with van der Waals surface area (Å²) in [6, 6.07) is 2.11. The standard InChI is InChI=1S/C17H23N3O2/c1-10(2)15-13-8-12(9-18-17(13)22-20-15)16(21)19-14-7-5-4-6-11(14)3/h8-11,14H,4-7H2,1-3H3,(H,19,21)/t11-,14-/m0/s1. The number of pyridine rings is 1. The van der Waals surface area contributed by atoms with Gasteiger partial charge in [-0.3, -0.25) is 4.79 Å². The van der Waals surface area contributed by atoms with Gasteiger partial charge in [0.2, 0.25) is 0 Å². The molecule has 0 spiro atoms. The van der Waals surface area contributed by atoms with Crippen molar-refractivity contribution in [1.82, 2.24) is 15.5 Å². The van der Waals surface area contributed by atoms with E-state index in [-0.39, 0.29) is 17.9 Å². The predicted molar refractivity (Wildman–Crippen MR) is 84.8 cm³/mol. The maximum absolute atomic E-state index is 12.5. The molecule has 118 valence electrons. The van der Waals surface area contributed by atoms with Gasteiger partial charge in [-0.2, -0.15) is 0 Å². The molecule has 1 amide bonds. The monoisotopic (exact) mass is 301 g/mol. The zero-order valence-corrected chi connectivity index (χ0v) is 13.4. The fourth-order valence-corrected chi connectivity index (χ4v) is 3.17. The number of carbonyl (C=O) groups excluding carboxylic acids is 1. The first-order chi connectivity index (χ1) is 10.6. The Balaban J connectivity index is 1.83. The molecule has 1 aliphatic carbocycles. The van der Waals surface area contributed by atoms with Gasteiger partial charge >= 0.3 is 0 Å². The molecule has 0 unspecified atom stereocenters. The van der Waals surface area contributed by atoms with Crippen LogP contribution in [0.5, 0.6) is 0 Å². The van der Waals surface area contributed by atoms with Crippen LogP contribution >= 0.6 is 0 Å². The van der Waals surface area contributed by atoms with E-state index in [0.717, 1.165) is 17.5 Å². The second-order valence-electron chi connectivity index (χ2n) is 6.64. The summed E-state index contributed by atoms with van der Waals surface area (Å²) >= 11 is 0. The molecule has 2 aromatic heterocycles. The first kappa shape index (κ1) is 15.0. The maximum atomic E-state index is 12.5. The average Bonchev–Trinajstić information content (AvgIpc) is 2.92. The minimum Gasteiger partial charge on any atom is -0.349 e. The molecule has 2 atom stereocenters. The molecule has 0 bridgehead atoms. The Labute approximate surface area is 130 Å². The van der Waals surface area contributed by atoms with Crippen molar-refractivity contribution in [1.29, 1.82) is 0 Å². The Morgan fingerprint density at radius 1 is 1.36 bits per heavy atom. The molecule has 22 heavy (non-hydrogen) atoms. The largest absolute Gasteiger partial charge is 0.349 e. The van der Waals surface area contributed by atoms with E-state index >= 15 is 0 Å². The first-order valence-electron chi connectivity index (χ1n) is 8.12. The SMILES string of the molecule is CC(C)c1noc2ncc(C(=O)N[C@H]3CCCC[C@@H]3C)cc12. The zero-order valence-electron chi connectivity index (χ0n) is 13.4. The fourth-order valence-electron chi connectivity index (χ4n) is 3.17. The molecule has 5 nitrogen and oxygen atoms in total. The van der Waals surface area contributed by atoms with E-state index in [1.54, 1.807) is 6.20 Å². The molecule has 1 aliphatic rings. The Kier molecular flexibility index (Phi) is 4.14. The van der Waals surface area contributed by atoms with E-state index < -0.39 is 0 Å². The zero-order chi connectivity index (χ0) is 15.7. The predicted octanol–water partition coefficient (Wildman–Crippen LogP) is 3.65. The van der Waals surface area contributed by atoms with E-state index in [2.05, 4.69) is 22.4 Å². The molecule has 0 radical (unpaired) electrons. The van der Waals surface area contributed by atoms with Crippen LogP contribution in [0.1, 0.15) is 68.4 Å². The van der Waals surface area contributed by atoms with Gasteiger partial charge in [-0.1, -0.05) is 38.8 Å². The second kappa shape index (κ2) is 6.07. The molecule has 5 heteroatoms. The van der Waals surface area contributed by atoms with Crippen LogP contribution in [-0.4, -0.2) is 22.1 Å². The number of aromatic nitrogens is 2. The third kappa shape index (κ3) is 2.85. The third-order valence-electron chi connectivity index (χ3n) is 4.59. The van der Waals surface area contributed by atoms with Crippen molar-refractivity contribution in [3.05, 3.63) is 23.5 Å². The van der Waals surface area contributed by atoms with E-state index in [1.165, 1.54) is 19.3 Å². The lowest BCUT2D eigenvalue weighted by Crippen LogP contribution is -2.41. The average molecular weight is 301 g/mol. The Morgan fingerprint density at radius 2 is 2.14 bits per heavy atom. The molecular formula is C17H23N3O2. The first-order valence-corrected chi connectivity index (χ1v) is 8.12. The van der Waals surface area contributed by atoms with Gasteiger partial charge in [-0.05, 0) is 30.7 Å².